The van der Waals surface area contributed by atoms with E-state index in [2.05, 4.69) is 0 Å². The lowest BCUT2D eigenvalue weighted by Gasteiger charge is -2.36. The maximum atomic E-state index is 13.7. The molecule has 5 rings (SSSR count). The average Bonchev–Trinajstić information content (AvgIpc) is 3.15. The molecule has 51 heavy (non-hydrogen) atoms. The van der Waals surface area contributed by atoms with Crippen LogP contribution in [-0.2, 0) is 44.3 Å². The predicted molar refractivity (Wildman–Crippen MR) is 189 cm³/mol. The van der Waals surface area contributed by atoms with E-state index in [4.69, 9.17) is 18.4 Å². The molecule has 0 aliphatic heterocycles. The molecule has 0 amide bonds. The molecule has 0 aliphatic carbocycles. The molecule has 0 aliphatic rings. The Bertz CT molecular complexity index is 2160. The summed E-state index contributed by atoms with van der Waals surface area (Å²) in [6, 6.07) is 30.1. The highest BCUT2D eigenvalue weighted by atomic mass is 32.2. The van der Waals surface area contributed by atoms with Crippen LogP contribution in [0.25, 0.3) is 0 Å². The number of benzene rings is 4. The van der Waals surface area contributed by atoms with Gasteiger partial charge in [-0.1, -0.05) is 72.3 Å². The van der Waals surface area contributed by atoms with Crippen molar-refractivity contribution < 1.29 is 31.9 Å². The fourth-order valence-electron chi connectivity index (χ4n) is 5.73. The zero-order valence-corrected chi connectivity index (χ0v) is 29.2. The predicted octanol–water partition coefficient (Wildman–Crippen LogP) is 2.90. The van der Waals surface area contributed by atoms with Crippen molar-refractivity contribution in [1.82, 2.24) is 13.7 Å². The number of nitrogens with zero attached hydrogens (tertiary/aromatic N) is 3. The van der Waals surface area contributed by atoms with E-state index < -0.39 is 59.1 Å². The molecule has 5 aromatic rings. The van der Waals surface area contributed by atoms with Crippen LogP contribution in [0.5, 0.6) is 11.5 Å². The molecule has 0 spiro atoms. The van der Waals surface area contributed by atoms with Gasteiger partial charge in [0.15, 0.2) is 0 Å². The standard InChI is InChI=1S/C37H39N3O10S/c1-27-9-19-33(20-10-27)51(45,46)50-26-23-40-35(43)38(21-24-41)34(42)39(36(40)44)22-25-49-37(28-7-5-4-6-8-28,29-11-15-31(47-2)16-12-29)30-13-17-32(48-3)18-14-30/h4-20,41H,21-26H2,1-3H3. The minimum Gasteiger partial charge on any atom is -0.497 e. The summed E-state index contributed by atoms with van der Waals surface area (Å²) in [6.07, 6.45) is 0. The topological polar surface area (TPSA) is 157 Å². The summed E-state index contributed by atoms with van der Waals surface area (Å²) in [5.74, 6) is 1.26. The monoisotopic (exact) mass is 717 g/mol. The molecular weight excluding hydrogens is 678 g/mol. The van der Waals surface area contributed by atoms with Crippen LogP contribution >= 0.6 is 0 Å². The summed E-state index contributed by atoms with van der Waals surface area (Å²) in [7, 11) is -1.07. The molecule has 1 aromatic heterocycles. The van der Waals surface area contributed by atoms with E-state index in [0.29, 0.717) is 20.6 Å². The van der Waals surface area contributed by atoms with Gasteiger partial charge in [-0.3, -0.25) is 4.18 Å². The van der Waals surface area contributed by atoms with E-state index >= 15 is 0 Å². The van der Waals surface area contributed by atoms with Gasteiger partial charge in [0.2, 0.25) is 0 Å². The zero-order chi connectivity index (χ0) is 36.6. The van der Waals surface area contributed by atoms with Crippen molar-refractivity contribution in [2.45, 2.75) is 37.1 Å². The van der Waals surface area contributed by atoms with Crippen LogP contribution in [0.3, 0.4) is 0 Å². The molecule has 268 valence electrons. The second-order valence-electron chi connectivity index (χ2n) is 11.5. The minimum absolute atomic E-state index is 0.0872. The van der Waals surface area contributed by atoms with Crippen LogP contribution < -0.4 is 26.5 Å². The first-order chi connectivity index (χ1) is 24.5. The van der Waals surface area contributed by atoms with Gasteiger partial charge in [-0.05, 0) is 60.0 Å². The fraction of sp³-hybridized carbons (Fsp3) is 0.270. The molecule has 0 bridgehead atoms. The fourth-order valence-corrected chi connectivity index (χ4v) is 6.63. The molecule has 4 aromatic carbocycles. The van der Waals surface area contributed by atoms with Gasteiger partial charge in [-0.25, -0.2) is 28.1 Å². The molecular formula is C37H39N3O10S. The Kier molecular flexibility index (Phi) is 11.7. The van der Waals surface area contributed by atoms with Crippen LogP contribution in [-0.4, -0.2) is 61.3 Å². The summed E-state index contributed by atoms with van der Waals surface area (Å²) >= 11 is 0. The maximum absolute atomic E-state index is 13.7. The summed E-state index contributed by atoms with van der Waals surface area (Å²) in [5.41, 5.74) is -1.15. The maximum Gasteiger partial charge on any atom is 0.336 e. The first-order valence-corrected chi connectivity index (χ1v) is 17.5. The normalized spacial score (nSPS) is 11.8. The van der Waals surface area contributed by atoms with E-state index in [0.717, 1.165) is 26.8 Å². The summed E-state index contributed by atoms with van der Waals surface area (Å²) < 4.78 is 50.4. The van der Waals surface area contributed by atoms with Gasteiger partial charge < -0.3 is 19.3 Å². The third-order valence-electron chi connectivity index (χ3n) is 8.38. The van der Waals surface area contributed by atoms with E-state index in [9.17, 15) is 27.9 Å². The molecule has 1 heterocycles. The van der Waals surface area contributed by atoms with Gasteiger partial charge >= 0.3 is 17.1 Å². The molecule has 0 atom stereocenters. The molecule has 0 radical (unpaired) electrons. The smallest absolute Gasteiger partial charge is 0.336 e. The Hall–Kier alpha value is -5.28. The third-order valence-corrected chi connectivity index (χ3v) is 9.71. The van der Waals surface area contributed by atoms with Crippen LogP contribution in [0.15, 0.2) is 122 Å². The molecule has 0 saturated carbocycles. The lowest BCUT2D eigenvalue weighted by Crippen LogP contribution is -2.55. The van der Waals surface area contributed by atoms with Gasteiger partial charge in [0.25, 0.3) is 10.1 Å². The van der Waals surface area contributed by atoms with Crippen LogP contribution in [0.4, 0.5) is 0 Å². The zero-order valence-electron chi connectivity index (χ0n) is 28.4. The van der Waals surface area contributed by atoms with Crippen molar-refractivity contribution >= 4 is 10.1 Å². The number of aromatic nitrogens is 3. The first-order valence-electron chi connectivity index (χ1n) is 16.1. The first kappa shape index (κ1) is 37.0. The molecule has 0 saturated heterocycles. The van der Waals surface area contributed by atoms with Crippen LogP contribution in [0, 0.1) is 6.92 Å². The number of hydrogen-bond acceptors (Lipinski definition) is 10. The molecule has 0 unspecified atom stereocenters. The van der Waals surface area contributed by atoms with E-state index in [1.54, 1.807) is 57.5 Å². The molecule has 13 nitrogen and oxygen atoms in total. The number of methoxy groups -OCH3 is 2. The Balaban J connectivity index is 1.51. The highest BCUT2D eigenvalue weighted by Crippen LogP contribution is 2.41. The molecule has 0 fully saturated rings. The number of rotatable bonds is 16. The lowest BCUT2D eigenvalue weighted by molar-refractivity contribution is 0.00693. The van der Waals surface area contributed by atoms with Crippen molar-refractivity contribution in [3.8, 4) is 11.5 Å². The van der Waals surface area contributed by atoms with E-state index in [1.165, 1.54) is 12.1 Å². The van der Waals surface area contributed by atoms with Gasteiger partial charge in [0.05, 0.1) is 58.6 Å². The summed E-state index contributed by atoms with van der Waals surface area (Å²) in [6.45, 7) is -0.696. The van der Waals surface area contributed by atoms with Crippen LogP contribution in [0.2, 0.25) is 0 Å². The quantitative estimate of drug-likeness (QED) is 0.119. The second kappa shape index (κ2) is 16.2. The Morgan fingerprint density at radius 1 is 0.608 bits per heavy atom. The van der Waals surface area contributed by atoms with E-state index in [-0.39, 0.29) is 18.0 Å². The third kappa shape index (κ3) is 7.89. The van der Waals surface area contributed by atoms with Crippen molar-refractivity contribution in [2.24, 2.45) is 0 Å². The molecule has 1 N–H and O–H groups in total. The van der Waals surface area contributed by atoms with Crippen molar-refractivity contribution in [2.75, 3.05) is 34.0 Å². The summed E-state index contributed by atoms with van der Waals surface area (Å²) in [4.78, 5) is 40.4. The van der Waals surface area contributed by atoms with Crippen molar-refractivity contribution in [1.29, 1.82) is 0 Å². The number of aryl methyl sites for hydroxylation is 1. The summed E-state index contributed by atoms with van der Waals surface area (Å²) in [5, 5.41) is 9.64. The Morgan fingerprint density at radius 2 is 1.06 bits per heavy atom. The number of ether oxygens (including phenoxy) is 3. The van der Waals surface area contributed by atoms with Crippen LogP contribution in [0.1, 0.15) is 22.3 Å². The number of aliphatic hydroxyl groups is 1. The van der Waals surface area contributed by atoms with Gasteiger partial charge in [0.1, 0.15) is 17.1 Å². The SMILES string of the molecule is COc1ccc(C(OCCn2c(=O)n(CCO)c(=O)n(CCOS(=O)(=O)c3ccc(C)cc3)c2=O)(c2ccccc2)c2ccc(OC)cc2)cc1. The average molecular weight is 718 g/mol. The number of aliphatic hydroxyl groups excluding tert-OH is 1. The van der Waals surface area contributed by atoms with Crippen molar-refractivity contribution in [3.05, 3.63) is 157 Å². The van der Waals surface area contributed by atoms with Gasteiger partial charge in [0, 0.05) is 0 Å². The van der Waals surface area contributed by atoms with Gasteiger partial charge in [-0.15, -0.1) is 0 Å². The highest BCUT2D eigenvalue weighted by molar-refractivity contribution is 7.86. The van der Waals surface area contributed by atoms with Gasteiger partial charge in [-0.2, -0.15) is 8.42 Å². The highest BCUT2D eigenvalue weighted by Gasteiger charge is 2.38. The van der Waals surface area contributed by atoms with E-state index in [1.807, 2.05) is 54.6 Å². The largest absolute Gasteiger partial charge is 0.497 e. The minimum atomic E-state index is -4.20. The Labute approximate surface area is 294 Å². The number of hydrogen-bond donors (Lipinski definition) is 1. The second-order valence-corrected chi connectivity index (χ2v) is 13.1. The Morgan fingerprint density at radius 3 is 1.53 bits per heavy atom. The van der Waals surface area contributed by atoms with Crippen molar-refractivity contribution in [3.63, 3.8) is 0 Å². The molecule has 14 heteroatoms. The lowest BCUT2D eigenvalue weighted by atomic mass is 9.80.